The Kier molecular flexibility index (Phi) is 5.44. The van der Waals surface area contributed by atoms with Crippen LogP contribution in [-0.4, -0.2) is 55.0 Å². The fourth-order valence-corrected chi connectivity index (χ4v) is 2.71. The number of ether oxygens (including phenoxy) is 1. The lowest BCUT2D eigenvalue weighted by atomic mass is 10.2. The average Bonchev–Trinajstić information content (AvgIpc) is 2.61. The summed E-state index contributed by atoms with van der Waals surface area (Å²) in [6, 6.07) is 7.50. The fraction of sp³-hybridized carbons (Fsp3) is 0.562. The van der Waals surface area contributed by atoms with Crippen LogP contribution >= 0.6 is 0 Å². The highest BCUT2D eigenvalue weighted by Gasteiger charge is 2.23. The molecule has 5 nitrogen and oxygen atoms in total. The minimum absolute atomic E-state index is 0.174. The maximum absolute atomic E-state index is 12.3. The standard InChI is InChI=1S/C16H25N3O2/c1-13-12-18(2)9-3-10-19(13)16(20)8-11-21-15-6-4-14(17)5-7-15/h4-7,13H,3,8-12,17H2,1-2H3. The van der Waals surface area contributed by atoms with Crippen molar-refractivity contribution in [2.24, 2.45) is 0 Å². The van der Waals surface area contributed by atoms with Gasteiger partial charge in [0.25, 0.3) is 0 Å². The molecular formula is C16H25N3O2. The number of carbonyl (C=O) groups is 1. The number of carbonyl (C=O) groups excluding carboxylic acids is 1. The van der Waals surface area contributed by atoms with E-state index in [2.05, 4.69) is 18.9 Å². The molecule has 0 saturated carbocycles. The van der Waals surface area contributed by atoms with Gasteiger partial charge in [0.15, 0.2) is 0 Å². The zero-order valence-corrected chi connectivity index (χ0v) is 12.9. The summed E-state index contributed by atoms with van der Waals surface area (Å²) in [5.74, 6) is 0.925. The first-order valence-electron chi connectivity index (χ1n) is 7.52. The third-order valence-corrected chi connectivity index (χ3v) is 3.83. The zero-order chi connectivity index (χ0) is 15.2. The molecule has 1 amide bonds. The highest BCUT2D eigenvalue weighted by molar-refractivity contribution is 5.76. The lowest BCUT2D eigenvalue weighted by Gasteiger charge is -2.28. The largest absolute Gasteiger partial charge is 0.493 e. The van der Waals surface area contributed by atoms with Gasteiger partial charge in [-0.25, -0.2) is 0 Å². The second-order valence-electron chi connectivity index (χ2n) is 5.72. The van der Waals surface area contributed by atoms with Gasteiger partial charge in [-0.05, 0) is 51.2 Å². The van der Waals surface area contributed by atoms with Gasteiger partial charge in [-0.1, -0.05) is 0 Å². The molecule has 1 heterocycles. The number of benzene rings is 1. The summed E-state index contributed by atoms with van der Waals surface area (Å²) >= 11 is 0. The number of nitrogens with two attached hydrogens (primary N) is 1. The van der Waals surface area contributed by atoms with Crippen molar-refractivity contribution in [3.8, 4) is 5.75 Å². The molecule has 21 heavy (non-hydrogen) atoms. The first-order valence-corrected chi connectivity index (χ1v) is 7.52. The maximum atomic E-state index is 12.3. The van der Waals surface area contributed by atoms with E-state index >= 15 is 0 Å². The van der Waals surface area contributed by atoms with Crippen molar-refractivity contribution in [1.82, 2.24) is 9.80 Å². The molecule has 5 heteroatoms. The van der Waals surface area contributed by atoms with Crippen molar-refractivity contribution in [3.63, 3.8) is 0 Å². The lowest BCUT2D eigenvalue weighted by Crippen LogP contribution is -2.42. The van der Waals surface area contributed by atoms with Crippen LogP contribution in [0.4, 0.5) is 5.69 Å². The van der Waals surface area contributed by atoms with Crippen LogP contribution < -0.4 is 10.5 Å². The van der Waals surface area contributed by atoms with Crippen LogP contribution in [0.5, 0.6) is 5.75 Å². The van der Waals surface area contributed by atoms with Crippen molar-refractivity contribution in [2.45, 2.75) is 25.8 Å². The van der Waals surface area contributed by atoms with E-state index in [1.807, 2.05) is 17.0 Å². The molecule has 0 aromatic heterocycles. The monoisotopic (exact) mass is 291 g/mol. The molecule has 1 fully saturated rings. The predicted molar refractivity (Wildman–Crippen MR) is 84.3 cm³/mol. The van der Waals surface area contributed by atoms with Crippen molar-refractivity contribution >= 4 is 11.6 Å². The van der Waals surface area contributed by atoms with Gasteiger partial charge in [0.2, 0.25) is 5.91 Å². The van der Waals surface area contributed by atoms with E-state index in [0.717, 1.165) is 31.8 Å². The molecule has 116 valence electrons. The first-order chi connectivity index (χ1) is 10.1. The summed E-state index contributed by atoms with van der Waals surface area (Å²) < 4.78 is 5.60. The van der Waals surface area contributed by atoms with Crippen molar-refractivity contribution in [3.05, 3.63) is 24.3 Å². The minimum atomic E-state index is 0.174. The Labute approximate surface area is 126 Å². The van der Waals surface area contributed by atoms with Crippen LogP contribution in [0.3, 0.4) is 0 Å². The van der Waals surface area contributed by atoms with Crippen LogP contribution in [-0.2, 0) is 4.79 Å². The van der Waals surface area contributed by atoms with E-state index in [-0.39, 0.29) is 11.9 Å². The molecular weight excluding hydrogens is 266 g/mol. The SMILES string of the molecule is CC1CN(C)CCCN1C(=O)CCOc1ccc(N)cc1. The molecule has 1 atom stereocenters. The molecule has 1 saturated heterocycles. The fourth-order valence-electron chi connectivity index (χ4n) is 2.71. The van der Waals surface area contributed by atoms with Gasteiger partial charge < -0.3 is 20.3 Å². The van der Waals surface area contributed by atoms with Gasteiger partial charge in [-0.2, -0.15) is 0 Å². The highest BCUT2D eigenvalue weighted by Crippen LogP contribution is 2.14. The van der Waals surface area contributed by atoms with E-state index in [1.54, 1.807) is 12.1 Å². The van der Waals surface area contributed by atoms with E-state index < -0.39 is 0 Å². The van der Waals surface area contributed by atoms with Crippen LogP contribution in [0.15, 0.2) is 24.3 Å². The quantitative estimate of drug-likeness (QED) is 0.856. The Morgan fingerprint density at radius 1 is 1.33 bits per heavy atom. The number of hydrogen-bond acceptors (Lipinski definition) is 4. The summed E-state index contributed by atoms with van der Waals surface area (Å²) in [4.78, 5) is 16.6. The van der Waals surface area contributed by atoms with Crippen molar-refractivity contribution < 1.29 is 9.53 Å². The number of amides is 1. The number of hydrogen-bond donors (Lipinski definition) is 1. The Morgan fingerprint density at radius 3 is 2.76 bits per heavy atom. The maximum Gasteiger partial charge on any atom is 0.226 e. The number of nitrogens with zero attached hydrogens (tertiary/aromatic N) is 2. The molecule has 1 aromatic rings. The van der Waals surface area contributed by atoms with E-state index in [0.29, 0.717) is 18.7 Å². The van der Waals surface area contributed by atoms with Gasteiger partial charge >= 0.3 is 0 Å². The lowest BCUT2D eigenvalue weighted by molar-refractivity contribution is -0.133. The Hall–Kier alpha value is -1.75. The highest BCUT2D eigenvalue weighted by atomic mass is 16.5. The van der Waals surface area contributed by atoms with Gasteiger partial charge in [-0.3, -0.25) is 4.79 Å². The van der Waals surface area contributed by atoms with E-state index in [9.17, 15) is 4.79 Å². The van der Waals surface area contributed by atoms with Crippen LogP contribution in [0.2, 0.25) is 0 Å². The molecule has 0 radical (unpaired) electrons. The number of rotatable bonds is 4. The summed E-state index contributed by atoms with van der Waals surface area (Å²) in [6.07, 6.45) is 1.45. The van der Waals surface area contributed by atoms with Crippen LogP contribution in [0.1, 0.15) is 19.8 Å². The second-order valence-corrected chi connectivity index (χ2v) is 5.72. The molecule has 0 aliphatic carbocycles. The minimum Gasteiger partial charge on any atom is -0.493 e. The average molecular weight is 291 g/mol. The van der Waals surface area contributed by atoms with Gasteiger partial charge in [0.1, 0.15) is 5.75 Å². The number of anilines is 1. The number of likely N-dealkylation sites (N-methyl/N-ethyl adjacent to an activating group) is 1. The van der Waals surface area contributed by atoms with Gasteiger partial charge in [0, 0.05) is 24.8 Å². The third kappa shape index (κ3) is 4.63. The molecule has 1 aliphatic heterocycles. The molecule has 2 N–H and O–H groups in total. The Morgan fingerprint density at radius 2 is 2.05 bits per heavy atom. The molecule has 0 spiro atoms. The normalized spacial score (nSPS) is 20.1. The summed E-state index contributed by atoms with van der Waals surface area (Å²) in [5, 5.41) is 0. The smallest absolute Gasteiger partial charge is 0.226 e. The summed E-state index contributed by atoms with van der Waals surface area (Å²) in [5.41, 5.74) is 6.33. The van der Waals surface area contributed by atoms with Gasteiger partial charge in [-0.15, -0.1) is 0 Å². The summed E-state index contributed by atoms with van der Waals surface area (Å²) in [7, 11) is 2.11. The van der Waals surface area contributed by atoms with E-state index in [1.165, 1.54) is 0 Å². The Bertz CT molecular complexity index is 461. The zero-order valence-electron chi connectivity index (χ0n) is 12.9. The molecule has 1 unspecified atom stereocenters. The van der Waals surface area contributed by atoms with Crippen LogP contribution in [0.25, 0.3) is 0 Å². The van der Waals surface area contributed by atoms with Crippen molar-refractivity contribution in [1.29, 1.82) is 0 Å². The van der Waals surface area contributed by atoms with Crippen molar-refractivity contribution in [2.75, 3.05) is 39.0 Å². The third-order valence-electron chi connectivity index (χ3n) is 3.83. The summed E-state index contributed by atoms with van der Waals surface area (Å²) in [6.45, 7) is 5.34. The first kappa shape index (κ1) is 15.6. The van der Waals surface area contributed by atoms with Crippen LogP contribution in [0, 0.1) is 0 Å². The molecule has 2 rings (SSSR count). The van der Waals surface area contributed by atoms with Gasteiger partial charge in [0.05, 0.1) is 13.0 Å². The van der Waals surface area contributed by atoms with E-state index in [4.69, 9.17) is 10.5 Å². The predicted octanol–water partition coefficient (Wildman–Crippen LogP) is 1.59. The number of nitrogen functional groups attached to an aromatic ring is 1. The second kappa shape index (κ2) is 7.31. The molecule has 1 aromatic carbocycles. The topological polar surface area (TPSA) is 58.8 Å². The Balaban J connectivity index is 1.79. The molecule has 1 aliphatic rings. The molecule has 0 bridgehead atoms.